The van der Waals surface area contributed by atoms with E-state index in [-0.39, 0.29) is 0 Å². The average Bonchev–Trinajstić information content (AvgIpc) is 3.54. The van der Waals surface area contributed by atoms with Crippen LogP contribution in [0.3, 0.4) is 0 Å². The molecule has 0 saturated heterocycles. The van der Waals surface area contributed by atoms with Crippen LogP contribution in [-0.4, -0.2) is 0 Å². The third kappa shape index (κ3) is 9.69. The summed E-state index contributed by atoms with van der Waals surface area (Å²) in [6.45, 7) is 17.4. The molecule has 0 bridgehead atoms. The lowest BCUT2D eigenvalue weighted by Gasteiger charge is -2.30. The lowest BCUT2D eigenvalue weighted by molar-refractivity contribution is 0.718. The maximum absolute atomic E-state index is 4.71. The van der Waals surface area contributed by atoms with Gasteiger partial charge in [0.25, 0.3) is 0 Å². The first-order valence-electron chi connectivity index (χ1n) is 22.1. The maximum atomic E-state index is 4.71. The summed E-state index contributed by atoms with van der Waals surface area (Å²) in [5.41, 5.74) is 19.4. The Balaban J connectivity index is 0.00000277. The van der Waals surface area contributed by atoms with Crippen molar-refractivity contribution in [1.29, 1.82) is 0 Å². The molecule has 5 aromatic rings. The summed E-state index contributed by atoms with van der Waals surface area (Å²) in [5.74, 6) is 0.428. The second-order valence-electron chi connectivity index (χ2n) is 15.6. The number of hydrogen-bond acceptors (Lipinski definition) is 1. The Kier molecular flexibility index (Phi) is 14.3. The normalized spacial score (nSPS) is 17.7. The van der Waals surface area contributed by atoms with E-state index in [1.165, 1.54) is 50.1 Å². The van der Waals surface area contributed by atoms with Crippen LogP contribution in [0.5, 0.6) is 0 Å². The number of anilines is 2. The van der Waals surface area contributed by atoms with Crippen LogP contribution in [0.25, 0.3) is 27.8 Å². The molecule has 0 fully saturated rings. The molecule has 61 heavy (non-hydrogen) atoms. The topological polar surface area (TPSA) is 3.24 Å². The SMILES string of the molecule is C=C/C(=C\C1=C(C)C2=CC=CCCC2c2ccccc21)c1cccc(C2=C/Cc3ccccc3N(c3cc(CC=CC/C=C\C)cc(-c4ccccc4)c3)C(=C)/C=C\2)c1.CC. The Morgan fingerprint density at radius 2 is 1.57 bits per heavy atom. The molecule has 1 heterocycles. The summed E-state index contributed by atoms with van der Waals surface area (Å²) in [6, 6.07) is 44.3. The molecule has 8 rings (SSSR count). The van der Waals surface area contributed by atoms with Gasteiger partial charge in [0.15, 0.2) is 0 Å². The van der Waals surface area contributed by atoms with Gasteiger partial charge < -0.3 is 4.90 Å². The van der Waals surface area contributed by atoms with Crippen molar-refractivity contribution < 1.29 is 0 Å². The molecule has 0 amide bonds. The molecule has 5 aromatic carbocycles. The van der Waals surface area contributed by atoms with Crippen molar-refractivity contribution in [3.8, 4) is 11.1 Å². The first-order valence-corrected chi connectivity index (χ1v) is 22.1. The minimum absolute atomic E-state index is 0.428. The highest BCUT2D eigenvalue weighted by atomic mass is 15.1. The zero-order chi connectivity index (χ0) is 42.6. The fourth-order valence-corrected chi connectivity index (χ4v) is 8.77. The molecule has 3 aliphatic rings. The highest BCUT2D eigenvalue weighted by Crippen LogP contribution is 2.47. The standard InChI is InChI=1S/C58H53N.C2H6/c1-5-7-8-9-12-22-44-37-51(46-23-13-10-14-24-46)40-52(38-44)59-42(3)33-34-47(35-36-48-25-17-20-32-58(48)59)50-27-21-26-49(39-50)45(6-2)41-57-43(4)53-28-15-11-16-29-54(53)55-30-18-19-31-56(55)57;1-2/h5-7,9-15,17-21,23-28,30-35,37-41,54H,2-3,8,16,22,29,36H2,1,4H3;1-2H3/b7-5-,12-9?,34-33-,45-41+,47-35+;. The fourth-order valence-electron chi connectivity index (χ4n) is 8.77. The Bertz CT molecular complexity index is 2630. The molecular formula is C60H59N. The van der Waals surface area contributed by atoms with Crippen molar-refractivity contribution in [2.24, 2.45) is 0 Å². The van der Waals surface area contributed by atoms with Crippen LogP contribution in [0, 0.1) is 0 Å². The van der Waals surface area contributed by atoms with Crippen LogP contribution in [0.4, 0.5) is 11.4 Å². The lowest BCUT2D eigenvalue weighted by Crippen LogP contribution is -2.16. The van der Waals surface area contributed by atoms with Gasteiger partial charge in [-0.05, 0) is 155 Å². The molecule has 1 atom stereocenters. The Morgan fingerprint density at radius 1 is 0.787 bits per heavy atom. The molecule has 0 spiro atoms. The number of allylic oxidation sites excluding steroid dienone is 17. The molecule has 0 aromatic heterocycles. The molecule has 1 unspecified atom stereocenters. The number of para-hydroxylation sites is 1. The predicted octanol–water partition coefficient (Wildman–Crippen LogP) is 16.7. The van der Waals surface area contributed by atoms with Gasteiger partial charge in [0.1, 0.15) is 0 Å². The van der Waals surface area contributed by atoms with E-state index in [0.29, 0.717) is 5.92 Å². The van der Waals surface area contributed by atoms with Crippen LogP contribution in [0.2, 0.25) is 0 Å². The average molecular weight is 794 g/mol. The third-order valence-corrected chi connectivity index (χ3v) is 11.8. The van der Waals surface area contributed by atoms with E-state index in [9.17, 15) is 0 Å². The molecule has 1 heteroatoms. The van der Waals surface area contributed by atoms with Gasteiger partial charge in [0.2, 0.25) is 0 Å². The first kappa shape index (κ1) is 42.4. The van der Waals surface area contributed by atoms with Crippen LogP contribution in [0.1, 0.15) is 86.3 Å². The van der Waals surface area contributed by atoms with E-state index in [0.717, 1.165) is 71.4 Å². The number of hydrogen-bond donors (Lipinski definition) is 0. The van der Waals surface area contributed by atoms with Gasteiger partial charge in [-0.25, -0.2) is 0 Å². The minimum atomic E-state index is 0.428. The van der Waals surface area contributed by atoms with E-state index in [4.69, 9.17) is 6.58 Å². The highest BCUT2D eigenvalue weighted by Gasteiger charge is 2.28. The van der Waals surface area contributed by atoms with E-state index in [1.807, 2.05) is 19.9 Å². The van der Waals surface area contributed by atoms with Gasteiger partial charge in [-0.15, -0.1) is 0 Å². The number of fused-ring (bicyclic) bond motifs is 4. The first-order chi connectivity index (χ1) is 30.0. The molecule has 1 nitrogen and oxygen atoms in total. The molecule has 304 valence electrons. The Hall–Kier alpha value is -6.70. The van der Waals surface area contributed by atoms with Crippen molar-refractivity contribution in [2.75, 3.05) is 4.90 Å². The van der Waals surface area contributed by atoms with E-state index >= 15 is 0 Å². The van der Waals surface area contributed by atoms with Crippen LogP contribution in [0.15, 0.2) is 224 Å². The summed E-state index contributed by atoms with van der Waals surface area (Å²) >= 11 is 0. The minimum Gasteiger partial charge on any atom is -0.311 e. The Labute approximate surface area is 365 Å². The zero-order valence-electron chi connectivity index (χ0n) is 36.4. The van der Waals surface area contributed by atoms with Crippen molar-refractivity contribution >= 4 is 28.1 Å². The van der Waals surface area contributed by atoms with Gasteiger partial charge >= 0.3 is 0 Å². The van der Waals surface area contributed by atoms with Gasteiger partial charge in [0.05, 0.1) is 0 Å². The van der Waals surface area contributed by atoms with Gasteiger partial charge in [0, 0.05) is 23.0 Å². The van der Waals surface area contributed by atoms with E-state index in [2.05, 4.69) is 213 Å². The van der Waals surface area contributed by atoms with E-state index in [1.54, 1.807) is 0 Å². The van der Waals surface area contributed by atoms with Crippen LogP contribution >= 0.6 is 0 Å². The monoisotopic (exact) mass is 793 g/mol. The molecule has 2 aliphatic carbocycles. The molecule has 0 radical (unpaired) electrons. The van der Waals surface area contributed by atoms with Gasteiger partial charge in [-0.2, -0.15) is 0 Å². The van der Waals surface area contributed by atoms with Crippen molar-refractivity contribution in [2.45, 2.75) is 65.7 Å². The number of benzene rings is 5. The zero-order valence-corrected chi connectivity index (χ0v) is 36.4. The Morgan fingerprint density at radius 3 is 2.41 bits per heavy atom. The predicted molar refractivity (Wildman–Crippen MR) is 267 cm³/mol. The molecular weight excluding hydrogens is 735 g/mol. The summed E-state index contributed by atoms with van der Waals surface area (Å²) in [6.07, 6.45) is 31.6. The quantitative estimate of drug-likeness (QED) is 0.101. The highest BCUT2D eigenvalue weighted by molar-refractivity contribution is 5.93. The molecule has 0 N–H and O–H groups in total. The second-order valence-corrected chi connectivity index (χ2v) is 15.6. The van der Waals surface area contributed by atoms with Crippen molar-refractivity contribution in [1.82, 2.24) is 0 Å². The third-order valence-electron chi connectivity index (χ3n) is 11.8. The lowest BCUT2D eigenvalue weighted by atomic mass is 9.73. The molecule has 0 saturated carbocycles. The largest absolute Gasteiger partial charge is 0.311 e. The number of rotatable bonds is 10. The van der Waals surface area contributed by atoms with Crippen molar-refractivity contribution in [3.05, 3.63) is 258 Å². The van der Waals surface area contributed by atoms with Gasteiger partial charge in [-0.1, -0.05) is 185 Å². The number of nitrogens with zero attached hydrogens (tertiary/aromatic N) is 1. The summed E-state index contributed by atoms with van der Waals surface area (Å²) < 4.78 is 0. The van der Waals surface area contributed by atoms with Crippen LogP contribution < -0.4 is 4.90 Å². The van der Waals surface area contributed by atoms with Crippen LogP contribution in [-0.2, 0) is 12.8 Å². The molecule has 1 aliphatic heterocycles. The summed E-state index contributed by atoms with van der Waals surface area (Å²) in [4.78, 5) is 2.33. The summed E-state index contributed by atoms with van der Waals surface area (Å²) in [5, 5.41) is 0. The second kappa shape index (κ2) is 20.5. The van der Waals surface area contributed by atoms with Crippen molar-refractivity contribution in [3.63, 3.8) is 0 Å². The fraction of sp³-hybridized carbons (Fsp3) is 0.167. The van der Waals surface area contributed by atoms with Gasteiger partial charge in [-0.3, -0.25) is 0 Å². The van der Waals surface area contributed by atoms with E-state index < -0.39 is 0 Å². The smallest absolute Gasteiger partial charge is 0.0496 e. The maximum Gasteiger partial charge on any atom is 0.0496 e. The summed E-state index contributed by atoms with van der Waals surface area (Å²) in [7, 11) is 0.